The molecule has 0 aliphatic carbocycles. The van der Waals surface area contributed by atoms with Gasteiger partial charge in [0.1, 0.15) is 17.0 Å². The van der Waals surface area contributed by atoms with Gasteiger partial charge in [-0.2, -0.15) is 5.10 Å². The van der Waals surface area contributed by atoms with Crippen LogP contribution in [0.5, 0.6) is 0 Å². The first-order valence-electron chi connectivity index (χ1n) is 14.0. The summed E-state index contributed by atoms with van der Waals surface area (Å²) in [5.41, 5.74) is 6.80. The summed E-state index contributed by atoms with van der Waals surface area (Å²) >= 11 is 1.54. The standard InChI is InChI=1S/C33H28FN7OS/c1-40-15-12-21-9-10-25(18-23(21)20-40)37-33-35-13-11-28(38-33)30-31(39-41-14-3-8-27(34)32(30)41)22-5-2-6-24(17-22)36-29(42)19-26-7-4-16-43-26/h2-11,13-14,16-18H,12,15,19-20H2,1H3,(H,36,42)(H,35,37,38). The van der Waals surface area contributed by atoms with E-state index < -0.39 is 5.82 Å². The van der Waals surface area contributed by atoms with Crippen LogP contribution in [0.4, 0.5) is 21.7 Å². The summed E-state index contributed by atoms with van der Waals surface area (Å²) in [5, 5.41) is 13.0. The van der Waals surface area contributed by atoms with Crippen LogP contribution in [0.1, 0.15) is 16.0 Å². The summed E-state index contributed by atoms with van der Waals surface area (Å²) in [6.45, 7) is 1.94. The minimum atomic E-state index is -0.413. The zero-order valence-electron chi connectivity index (χ0n) is 23.4. The first-order chi connectivity index (χ1) is 21.0. The van der Waals surface area contributed by atoms with E-state index in [2.05, 4.69) is 39.7 Å². The van der Waals surface area contributed by atoms with Crippen molar-refractivity contribution >= 4 is 40.1 Å². The Hall–Kier alpha value is -4.93. The van der Waals surface area contributed by atoms with Crippen LogP contribution in [0.25, 0.3) is 28.0 Å². The second kappa shape index (κ2) is 11.4. The average Bonchev–Trinajstić information content (AvgIpc) is 3.66. The number of amides is 1. The second-order valence-corrected chi connectivity index (χ2v) is 11.7. The number of benzene rings is 2. The third-order valence-corrected chi connectivity index (χ3v) is 8.39. The average molecular weight is 590 g/mol. The van der Waals surface area contributed by atoms with Crippen molar-refractivity contribution in [2.24, 2.45) is 0 Å². The molecule has 5 heterocycles. The molecule has 43 heavy (non-hydrogen) atoms. The maximum atomic E-state index is 15.4. The number of carbonyl (C=O) groups is 1. The Morgan fingerprint density at radius 2 is 1.95 bits per heavy atom. The number of pyridine rings is 1. The molecule has 6 aromatic rings. The number of aromatic nitrogens is 4. The molecule has 2 N–H and O–H groups in total. The predicted molar refractivity (Wildman–Crippen MR) is 168 cm³/mol. The highest BCUT2D eigenvalue weighted by atomic mass is 32.1. The number of rotatable bonds is 7. The molecule has 0 bridgehead atoms. The van der Waals surface area contributed by atoms with Crippen molar-refractivity contribution < 1.29 is 9.18 Å². The van der Waals surface area contributed by atoms with Crippen LogP contribution in [0.2, 0.25) is 0 Å². The van der Waals surface area contributed by atoms with Gasteiger partial charge in [0.2, 0.25) is 11.9 Å². The molecule has 0 spiro atoms. The number of nitrogens with one attached hydrogen (secondary N) is 2. The van der Waals surface area contributed by atoms with Gasteiger partial charge in [-0.3, -0.25) is 4.79 Å². The lowest BCUT2D eigenvalue weighted by atomic mass is 9.99. The topological polar surface area (TPSA) is 87.5 Å². The summed E-state index contributed by atoms with van der Waals surface area (Å²) < 4.78 is 16.9. The molecule has 0 fully saturated rings. The quantitative estimate of drug-likeness (QED) is 0.219. The first kappa shape index (κ1) is 26.9. The Balaban J connectivity index is 1.24. The van der Waals surface area contributed by atoms with Gasteiger partial charge in [0.05, 0.1) is 17.7 Å². The number of hydrogen-bond donors (Lipinski definition) is 2. The lowest BCUT2D eigenvalue weighted by Gasteiger charge is -2.25. The molecule has 0 unspecified atom stereocenters. The molecule has 1 amide bonds. The van der Waals surface area contributed by atoms with Crippen molar-refractivity contribution in [3.8, 4) is 22.5 Å². The van der Waals surface area contributed by atoms with Gasteiger partial charge in [-0.1, -0.05) is 24.3 Å². The second-order valence-electron chi connectivity index (χ2n) is 10.6. The fourth-order valence-electron chi connectivity index (χ4n) is 5.49. The van der Waals surface area contributed by atoms with Gasteiger partial charge in [-0.25, -0.2) is 18.9 Å². The molecule has 214 valence electrons. The number of thiophene rings is 1. The third-order valence-electron chi connectivity index (χ3n) is 7.52. The SMILES string of the molecule is CN1CCc2ccc(Nc3nccc(-c4c(-c5cccc(NC(=O)Cc6cccs6)c5)nn5cccc(F)c45)n3)cc2C1. The van der Waals surface area contributed by atoms with E-state index in [1.54, 1.807) is 35.9 Å². The van der Waals surface area contributed by atoms with E-state index in [-0.39, 0.29) is 5.91 Å². The van der Waals surface area contributed by atoms with E-state index >= 15 is 4.39 Å². The van der Waals surface area contributed by atoms with E-state index in [4.69, 9.17) is 10.1 Å². The number of nitrogens with zero attached hydrogens (tertiary/aromatic N) is 5. The fraction of sp³-hybridized carbons (Fsp3) is 0.152. The zero-order valence-corrected chi connectivity index (χ0v) is 24.2. The number of halogens is 1. The molecule has 2 aromatic carbocycles. The lowest BCUT2D eigenvalue weighted by molar-refractivity contribution is -0.115. The van der Waals surface area contributed by atoms with Crippen LogP contribution in [-0.4, -0.2) is 44.0 Å². The summed E-state index contributed by atoms with van der Waals surface area (Å²) in [4.78, 5) is 25.2. The minimum absolute atomic E-state index is 0.110. The highest BCUT2D eigenvalue weighted by Crippen LogP contribution is 2.36. The monoisotopic (exact) mass is 589 g/mol. The minimum Gasteiger partial charge on any atom is -0.326 e. The van der Waals surface area contributed by atoms with Gasteiger partial charge in [0.15, 0.2) is 0 Å². The Kier molecular flexibility index (Phi) is 7.14. The van der Waals surface area contributed by atoms with E-state index in [1.165, 1.54) is 21.7 Å². The Labute approximate surface area is 251 Å². The van der Waals surface area contributed by atoms with Crippen molar-refractivity contribution in [2.45, 2.75) is 19.4 Å². The lowest BCUT2D eigenvalue weighted by Crippen LogP contribution is -2.26. The van der Waals surface area contributed by atoms with E-state index in [0.717, 1.165) is 35.6 Å². The summed E-state index contributed by atoms with van der Waals surface area (Å²) in [6.07, 6.45) is 4.69. The van der Waals surface area contributed by atoms with Crippen LogP contribution in [0, 0.1) is 5.82 Å². The molecular weight excluding hydrogens is 561 g/mol. The van der Waals surface area contributed by atoms with Gasteiger partial charge in [0.25, 0.3) is 0 Å². The number of likely N-dealkylation sites (N-methyl/N-ethyl adjacent to an activating group) is 1. The molecule has 8 nitrogen and oxygen atoms in total. The highest BCUT2D eigenvalue weighted by Gasteiger charge is 2.22. The summed E-state index contributed by atoms with van der Waals surface area (Å²) in [6, 6.07) is 22.4. The number of anilines is 3. The van der Waals surface area contributed by atoms with Crippen LogP contribution >= 0.6 is 11.3 Å². The van der Waals surface area contributed by atoms with Gasteiger partial charge >= 0.3 is 0 Å². The van der Waals surface area contributed by atoms with E-state index in [1.807, 2.05) is 47.8 Å². The van der Waals surface area contributed by atoms with Gasteiger partial charge < -0.3 is 15.5 Å². The highest BCUT2D eigenvalue weighted by molar-refractivity contribution is 7.10. The molecular formula is C33H28FN7OS. The largest absolute Gasteiger partial charge is 0.326 e. The van der Waals surface area contributed by atoms with Crippen molar-refractivity contribution in [2.75, 3.05) is 24.2 Å². The number of fused-ring (bicyclic) bond motifs is 2. The maximum Gasteiger partial charge on any atom is 0.229 e. The Bertz CT molecular complexity index is 1950. The summed E-state index contributed by atoms with van der Waals surface area (Å²) in [7, 11) is 2.12. The molecule has 10 heteroatoms. The molecule has 1 aliphatic rings. The molecule has 1 aliphatic heterocycles. The molecule has 7 rings (SSSR count). The fourth-order valence-corrected chi connectivity index (χ4v) is 6.19. The van der Waals surface area contributed by atoms with Gasteiger partial charge in [-0.05, 0) is 78.5 Å². The van der Waals surface area contributed by atoms with Crippen molar-refractivity contribution in [3.05, 3.63) is 112 Å². The van der Waals surface area contributed by atoms with E-state index in [9.17, 15) is 4.79 Å². The van der Waals surface area contributed by atoms with Gasteiger partial charge in [-0.15, -0.1) is 11.3 Å². The van der Waals surface area contributed by atoms with Crippen LogP contribution in [0.15, 0.2) is 90.6 Å². The van der Waals surface area contributed by atoms with Crippen LogP contribution in [-0.2, 0) is 24.2 Å². The molecule has 0 saturated heterocycles. The molecule has 0 saturated carbocycles. The summed E-state index contributed by atoms with van der Waals surface area (Å²) in [5.74, 6) is -0.123. The predicted octanol–water partition coefficient (Wildman–Crippen LogP) is 6.57. The van der Waals surface area contributed by atoms with Gasteiger partial charge in [0, 0.05) is 47.3 Å². The normalized spacial score (nSPS) is 13.2. The molecule has 0 atom stereocenters. The molecule has 0 radical (unpaired) electrons. The maximum absolute atomic E-state index is 15.4. The zero-order chi connectivity index (χ0) is 29.3. The van der Waals surface area contributed by atoms with Crippen LogP contribution in [0.3, 0.4) is 0 Å². The number of hydrogen-bond acceptors (Lipinski definition) is 7. The Morgan fingerprint density at radius 3 is 2.84 bits per heavy atom. The van der Waals surface area contributed by atoms with Crippen molar-refractivity contribution in [1.29, 1.82) is 0 Å². The van der Waals surface area contributed by atoms with Crippen LogP contribution < -0.4 is 10.6 Å². The van der Waals surface area contributed by atoms with E-state index in [0.29, 0.717) is 40.5 Å². The van der Waals surface area contributed by atoms with Crippen molar-refractivity contribution in [1.82, 2.24) is 24.5 Å². The smallest absolute Gasteiger partial charge is 0.229 e. The Morgan fingerprint density at radius 1 is 1.02 bits per heavy atom. The molecule has 4 aromatic heterocycles. The number of carbonyl (C=O) groups excluding carboxylic acids is 1. The third kappa shape index (κ3) is 5.62. The first-order valence-corrected chi connectivity index (χ1v) is 14.9. The van der Waals surface area contributed by atoms with Crippen molar-refractivity contribution in [3.63, 3.8) is 0 Å².